The van der Waals surface area contributed by atoms with Gasteiger partial charge in [-0.25, -0.2) is 21.9 Å². The fourth-order valence-corrected chi connectivity index (χ4v) is 2.87. The minimum atomic E-state index is -4.10. The summed E-state index contributed by atoms with van der Waals surface area (Å²) in [6, 6.07) is 2.04. The van der Waals surface area contributed by atoms with Gasteiger partial charge in [0, 0.05) is 19.1 Å². The maximum atomic E-state index is 13.8. The van der Waals surface area contributed by atoms with Crippen LogP contribution in [0.4, 0.5) is 8.78 Å². The lowest BCUT2D eigenvalue weighted by molar-refractivity contribution is 0.313. The SMILES string of the molecule is CNCc1cc(F)c(F)c(S(=O)(=O)NCC(C)N(C)C)c1. The molecule has 5 nitrogen and oxygen atoms in total. The average molecular weight is 321 g/mol. The van der Waals surface area contributed by atoms with E-state index in [-0.39, 0.29) is 19.1 Å². The normalized spacial score (nSPS) is 13.7. The maximum Gasteiger partial charge on any atom is 0.243 e. The topological polar surface area (TPSA) is 61.4 Å². The zero-order valence-corrected chi connectivity index (χ0v) is 13.4. The van der Waals surface area contributed by atoms with Gasteiger partial charge in [-0.1, -0.05) is 0 Å². The molecule has 21 heavy (non-hydrogen) atoms. The summed E-state index contributed by atoms with van der Waals surface area (Å²) < 4.78 is 53.9. The molecule has 0 amide bonds. The van der Waals surface area contributed by atoms with Crippen molar-refractivity contribution in [3.63, 3.8) is 0 Å². The van der Waals surface area contributed by atoms with Gasteiger partial charge in [0.25, 0.3) is 0 Å². The molecule has 1 aromatic rings. The first-order chi connectivity index (χ1) is 9.69. The van der Waals surface area contributed by atoms with Gasteiger partial charge in [-0.05, 0) is 45.8 Å². The Hall–Kier alpha value is -1.09. The average Bonchev–Trinajstić information content (AvgIpc) is 2.40. The Bertz CT molecular complexity index is 591. The molecule has 0 heterocycles. The third kappa shape index (κ3) is 4.70. The van der Waals surface area contributed by atoms with Gasteiger partial charge in [0.15, 0.2) is 11.6 Å². The highest BCUT2D eigenvalue weighted by atomic mass is 32.2. The van der Waals surface area contributed by atoms with Gasteiger partial charge >= 0.3 is 0 Å². The zero-order chi connectivity index (χ0) is 16.2. The van der Waals surface area contributed by atoms with Crippen molar-refractivity contribution < 1.29 is 17.2 Å². The molecule has 0 aromatic heterocycles. The number of nitrogens with zero attached hydrogens (tertiary/aromatic N) is 1. The van der Waals surface area contributed by atoms with Crippen LogP contribution in [0, 0.1) is 11.6 Å². The van der Waals surface area contributed by atoms with E-state index in [1.807, 2.05) is 11.8 Å². The molecule has 0 bridgehead atoms. The molecule has 8 heteroatoms. The van der Waals surface area contributed by atoms with E-state index < -0.39 is 26.6 Å². The quantitative estimate of drug-likeness (QED) is 0.784. The van der Waals surface area contributed by atoms with Gasteiger partial charge < -0.3 is 10.2 Å². The van der Waals surface area contributed by atoms with Crippen LogP contribution >= 0.6 is 0 Å². The van der Waals surface area contributed by atoms with Crippen molar-refractivity contribution in [2.75, 3.05) is 27.7 Å². The van der Waals surface area contributed by atoms with Crippen LogP contribution in [-0.4, -0.2) is 47.0 Å². The second-order valence-corrected chi connectivity index (χ2v) is 6.82. The lowest BCUT2D eigenvalue weighted by atomic mass is 10.2. The second-order valence-electron chi connectivity index (χ2n) is 5.08. The molecule has 1 atom stereocenters. The summed E-state index contributed by atoms with van der Waals surface area (Å²) in [5.41, 5.74) is 0.359. The standard InChI is InChI=1S/C13H21F2N3O2S/c1-9(18(3)4)7-17-21(19,20)12-6-10(8-16-2)5-11(14)13(12)15/h5-6,9,16-17H,7-8H2,1-4H3. The Morgan fingerprint density at radius 3 is 2.43 bits per heavy atom. The third-order valence-corrected chi connectivity index (χ3v) is 4.60. The molecule has 0 aliphatic heterocycles. The molecule has 0 aliphatic rings. The first-order valence-corrected chi connectivity index (χ1v) is 7.96. The molecule has 1 rings (SSSR count). The van der Waals surface area contributed by atoms with E-state index in [4.69, 9.17) is 0 Å². The Morgan fingerprint density at radius 2 is 1.90 bits per heavy atom. The van der Waals surface area contributed by atoms with Crippen molar-refractivity contribution in [1.82, 2.24) is 14.9 Å². The van der Waals surface area contributed by atoms with Gasteiger partial charge in [-0.15, -0.1) is 0 Å². The number of benzene rings is 1. The summed E-state index contributed by atoms with van der Waals surface area (Å²) in [6.45, 7) is 2.16. The molecule has 0 radical (unpaired) electrons. The zero-order valence-electron chi connectivity index (χ0n) is 12.6. The molecule has 2 N–H and O–H groups in total. The number of halogens is 2. The Morgan fingerprint density at radius 1 is 1.29 bits per heavy atom. The van der Waals surface area contributed by atoms with Gasteiger partial charge in [0.1, 0.15) is 4.90 Å². The van der Waals surface area contributed by atoms with Crippen LogP contribution in [0.15, 0.2) is 17.0 Å². The lowest BCUT2D eigenvalue weighted by Gasteiger charge is -2.20. The predicted molar refractivity (Wildman–Crippen MR) is 77.5 cm³/mol. The van der Waals surface area contributed by atoms with Gasteiger partial charge in [0.05, 0.1) is 0 Å². The molecular weight excluding hydrogens is 300 g/mol. The summed E-state index contributed by atoms with van der Waals surface area (Å²) in [5, 5.41) is 2.76. The fraction of sp³-hybridized carbons (Fsp3) is 0.538. The molecule has 0 spiro atoms. The van der Waals surface area contributed by atoms with Gasteiger partial charge in [0.2, 0.25) is 10.0 Å². The van der Waals surface area contributed by atoms with Crippen LogP contribution < -0.4 is 10.0 Å². The first kappa shape index (κ1) is 18.0. The monoisotopic (exact) mass is 321 g/mol. The molecule has 0 fully saturated rings. The van der Waals surface area contributed by atoms with Crippen molar-refractivity contribution in [3.05, 3.63) is 29.3 Å². The number of sulfonamides is 1. The molecule has 0 aliphatic carbocycles. The highest BCUT2D eigenvalue weighted by Crippen LogP contribution is 2.20. The summed E-state index contributed by atoms with van der Waals surface area (Å²) in [4.78, 5) is 1.15. The highest BCUT2D eigenvalue weighted by Gasteiger charge is 2.23. The second kappa shape index (κ2) is 7.26. The van der Waals surface area contributed by atoms with E-state index in [0.29, 0.717) is 5.56 Å². The minimum absolute atomic E-state index is 0.0758. The van der Waals surface area contributed by atoms with E-state index in [1.165, 1.54) is 0 Å². The van der Waals surface area contributed by atoms with Gasteiger partial charge in [-0.3, -0.25) is 0 Å². The Kier molecular flexibility index (Phi) is 6.21. The summed E-state index contributed by atoms with van der Waals surface area (Å²) in [7, 11) is 1.13. The van der Waals surface area contributed by atoms with Crippen molar-refractivity contribution in [2.45, 2.75) is 24.4 Å². The predicted octanol–water partition coefficient (Wildman–Crippen LogP) is 0.913. The lowest BCUT2D eigenvalue weighted by Crippen LogP contribution is -2.38. The number of rotatable bonds is 7. The molecule has 1 aromatic carbocycles. The first-order valence-electron chi connectivity index (χ1n) is 6.47. The summed E-state index contributed by atoms with van der Waals surface area (Å²) in [6.07, 6.45) is 0. The van der Waals surface area contributed by atoms with Crippen LogP contribution in [0.3, 0.4) is 0 Å². The maximum absolute atomic E-state index is 13.8. The van der Waals surface area contributed by atoms with Crippen molar-refractivity contribution in [3.8, 4) is 0 Å². The number of likely N-dealkylation sites (N-methyl/N-ethyl adjacent to an activating group) is 1. The molecular formula is C13H21F2N3O2S. The summed E-state index contributed by atoms with van der Waals surface area (Å²) >= 11 is 0. The van der Waals surface area contributed by atoms with Crippen LogP contribution in [0.2, 0.25) is 0 Å². The largest absolute Gasteiger partial charge is 0.316 e. The Balaban J connectivity index is 3.07. The molecule has 1 unspecified atom stereocenters. The van der Waals surface area contributed by atoms with E-state index >= 15 is 0 Å². The van der Waals surface area contributed by atoms with Crippen LogP contribution in [0.25, 0.3) is 0 Å². The fourth-order valence-electron chi connectivity index (χ4n) is 1.61. The third-order valence-electron chi connectivity index (χ3n) is 3.18. The number of nitrogens with one attached hydrogen (secondary N) is 2. The summed E-state index contributed by atoms with van der Waals surface area (Å²) in [5.74, 6) is -2.54. The van der Waals surface area contributed by atoms with Gasteiger partial charge in [-0.2, -0.15) is 0 Å². The minimum Gasteiger partial charge on any atom is -0.316 e. The van der Waals surface area contributed by atoms with Crippen LogP contribution in [0.5, 0.6) is 0 Å². The van der Waals surface area contributed by atoms with Crippen LogP contribution in [0.1, 0.15) is 12.5 Å². The van der Waals surface area contributed by atoms with Crippen molar-refractivity contribution in [2.24, 2.45) is 0 Å². The van der Waals surface area contributed by atoms with Crippen molar-refractivity contribution in [1.29, 1.82) is 0 Å². The van der Waals surface area contributed by atoms with E-state index in [9.17, 15) is 17.2 Å². The van der Waals surface area contributed by atoms with Crippen molar-refractivity contribution >= 4 is 10.0 Å². The molecule has 0 saturated carbocycles. The van der Waals surface area contributed by atoms with E-state index in [2.05, 4.69) is 10.0 Å². The molecule has 0 saturated heterocycles. The number of hydrogen-bond donors (Lipinski definition) is 2. The van der Waals surface area contributed by atoms with E-state index in [0.717, 1.165) is 12.1 Å². The highest BCUT2D eigenvalue weighted by molar-refractivity contribution is 7.89. The smallest absolute Gasteiger partial charge is 0.243 e. The van der Waals surface area contributed by atoms with Crippen LogP contribution in [-0.2, 0) is 16.6 Å². The molecule has 120 valence electrons. The number of hydrogen-bond acceptors (Lipinski definition) is 4. The van der Waals surface area contributed by atoms with E-state index in [1.54, 1.807) is 21.1 Å². The Labute approximate surface area is 124 Å².